The Labute approximate surface area is 74.9 Å². The lowest BCUT2D eigenvalue weighted by atomic mass is 10.1. The van der Waals surface area contributed by atoms with Crippen molar-refractivity contribution in [2.24, 2.45) is 0 Å². The van der Waals surface area contributed by atoms with E-state index < -0.39 is 0 Å². The van der Waals surface area contributed by atoms with Gasteiger partial charge < -0.3 is 4.90 Å². The highest BCUT2D eigenvalue weighted by atomic mass is 16.2. The predicted molar refractivity (Wildman–Crippen MR) is 49.9 cm³/mol. The van der Waals surface area contributed by atoms with Crippen LogP contribution in [0.15, 0.2) is 0 Å². The summed E-state index contributed by atoms with van der Waals surface area (Å²) in [6, 6.07) is 0.519. The zero-order valence-corrected chi connectivity index (χ0v) is 8.18. The second kappa shape index (κ2) is 4.48. The Morgan fingerprint density at radius 1 is 1.17 bits per heavy atom. The molecule has 0 radical (unpaired) electrons. The van der Waals surface area contributed by atoms with Gasteiger partial charge in [-0.25, -0.2) is 0 Å². The molecule has 0 aliphatic heterocycles. The summed E-state index contributed by atoms with van der Waals surface area (Å²) in [5.41, 5.74) is 0. The van der Waals surface area contributed by atoms with Crippen molar-refractivity contribution in [3.05, 3.63) is 0 Å². The Kier molecular flexibility index (Phi) is 3.57. The first-order valence-corrected chi connectivity index (χ1v) is 4.95. The molecule has 0 saturated heterocycles. The minimum Gasteiger partial charge on any atom is -0.343 e. The molecule has 1 aliphatic carbocycles. The van der Waals surface area contributed by atoms with E-state index in [-0.39, 0.29) is 5.91 Å². The van der Waals surface area contributed by atoms with Gasteiger partial charge in [0.2, 0.25) is 5.91 Å². The molecule has 2 nitrogen and oxygen atoms in total. The monoisotopic (exact) mass is 169 g/mol. The Morgan fingerprint density at radius 2 is 1.67 bits per heavy atom. The second-order valence-electron chi connectivity index (χ2n) is 3.78. The number of amides is 1. The molecule has 0 N–H and O–H groups in total. The van der Waals surface area contributed by atoms with Gasteiger partial charge in [0, 0.05) is 20.0 Å². The fourth-order valence-corrected chi connectivity index (χ4v) is 1.90. The van der Waals surface area contributed by atoms with Crippen molar-refractivity contribution in [2.45, 2.75) is 51.5 Å². The van der Waals surface area contributed by atoms with Crippen LogP contribution in [-0.4, -0.2) is 23.9 Å². The molecular formula is C10H19NO. The average Bonchev–Trinajstić information content (AvgIpc) is 2.30. The van der Waals surface area contributed by atoms with Crippen molar-refractivity contribution in [2.75, 3.05) is 7.05 Å². The highest BCUT2D eigenvalue weighted by Crippen LogP contribution is 2.20. The highest BCUT2D eigenvalue weighted by molar-refractivity contribution is 5.73. The fraction of sp³-hybridized carbons (Fsp3) is 0.900. The molecule has 0 unspecified atom stereocenters. The van der Waals surface area contributed by atoms with Crippen LogP contribution in [-0.2, 0) is 4.79 Å². The maximum atomic E-state index is 11.1. The van der Waals surface area contributed by atoms with Gasteiger partial charge in [0.25, 0.3) is 0 Å². The summed E-state index contributed by atoms with van der Waals surface area (Å²) in [7, 11) is 1.93. The van der Waals surface area contributed by atoms with E-state index in [1.807, 2.05) is 11.9 Å². The molecule has 1 rings (SSSR count). The first-order chi connectivity index (χ1) is 5.72. The largest absolute Gasteiger partial charge is 0.343 e. The van der Waals surface area contributed by atoms with Gasteiger partial charge in [0.15, 0.2) is 0 Å². The summed E-state index contributed by atoms with van der Waals surface area (Å²) in [4.78, 5) is 13.0. The SMILES string of the molecule is CC(=O)N(C)C1CCCCCC1. The van der Waals surface area contributed by atoms with Crippen LogP contribution in [0.25, 0.3) is 0 Å². The Bertz CT molecular complexity index is 148. The van der Waals surface area contributed by atoms with E-state index >= 15 is 0 Å². The van der Waals surface area contributed by atoms with Crippen LogP contribution in [0.5, 0.6) is 0 Å². The highest BCUT2D eigenvalue weighted by Gasteiger charge is 2.17. The maximum absolute atomic E-state index is 11.1. The molecule has 1 saturated carbocycles. The van der Waals surface area contributed by atoms with Gasteiger partial charge in [-0.2, -0.15) is 0 Å². The Morgan fingerprint density at radius 3 is 2.08 bits per heavy atom. The third-order valence-corrected chi connectivity index (χ3v) is 2.87. The minimum absolute atomic E-state index is 0.210. The van der Waals surface area contributed by atoms with Crippen LogP contribution in [0, 0.1) is 0 Å². The Hall–Kier alpha value is -0.530. The molecule has 1 aliphatic rings. The fourth-order valence-electron chi connectivity index (χ4n) is 1.90. The maximum Gasteiger partial charge on any atom is 0.219 e. The van der Waals surface area contributed by atoms with E-state index in [2.05, 4.69) is 0 Å². The van der Waals surface area contributed by atoms with Crippen LogP contribution in [0.1, 0.15) is 45.4 Å². The summed E-state index contributed by atoms with van der Waals surface area (Å²) >= 11 is 0. The lowest BCUT2D eigenvalue weighted by Gasteiger charge is -2.25. The van der Waals surface area contributed by atoms with Gasteiger partial charge in [0.1, 0.15) is 0 Å². The lowest BCUT2D eigenvalue weighted by molar-refractivity contribution is -0.129. The second-order valence-corrected chi connectivity index (χ2v) is 3.78. The van der Waals surface area contributed by atoms with Gasteiger partial charge in [-0.15, -0.1) is 0 Å². The third-order valence-electron chi connectivity index (χ3n) is 2.87. The van der Waals surface area contributed by atoms with Crippen molar-refractivity contribution in [3.63, 3.8) is 0 Å². The summed E-state index contributed by atoms with van der Waals surface area (Å²) in [5, 5.41) is 0. The summed E-state index contributed by atoms with van der Waals surface area (Å²) in [6.45, 7) is 1.66. The minimum atomic E-state index is 0.210. The molecule has 0 aromatic rings. The van der Waals surface area contributed by atoms with Crippen LogP contribution < -0.4 is 0 Å². The lowest BCUT2D eigenvalue weighted by Crippen LogP contribution is -2.34. The molecule has 1 fully saturated rings. The van der Waals surface area contributed by atoms with Gasteiger partial charge in [-0.1, -0.05) is 25.7 Å². The van der Waals surface area contributed by atoms with Crippen LogP contribution in [0.3, 0.4) is 0 Å². The molecule has 0 aromatic carbocycles. The zero-order valence-electron chi connectivity index (χ0n) is 8.18. The molecule has 0 spiro atoms. The average molecular weight is 169 g/mol. The Balaban J connectivity index is 2.42. The first-order valence-electron chi connectivity index (χ1n) is 4.95. The molecule has 0 heterocycles. The van der Waals surface area contributed by atoms with Crippen molar-refractivity contribution in [3.8, 4) is 0 Å². The molecule has 1 amide bonds. The van der Waals surface area contributed by atoms with Gasteiger partial charge >= 0.3 is 0 Å². The summed E-state index contributed by atoms with van der Waals surface area (Å²) in [6.07, 6.45) is 7.70. The molecule has 0 atom stereocenters. The van der Waals surface area contributed by atoms with Crippen LogP contribution >= 0.6 is 0 Å². The predicted octanol–water partition coefficient (Wildman–Crippen LogP) is 2.19. The molecular weight excluding hydrogens is 150 g/mol. The summed E-state index contributed by atoms with van der Waals surface area (Å²) in [5.74, 6) is 0.210. The molecule has 70 valence electrons. The first kappa shape index (κ1) is 9.56. The summed E-state index contributed by atoms with van der Waals surface area (Å²) < 4.78 is 0. The zero-order chi connectivity index (χ0) is 8.97. The molecule has 0 bridgehead atoms. The smallest absolute Gasteiger partial charge is 0.219 e. The number of carbonyl (C=O) groups is 1. The van der Waals surface area contributed by atoms with Crippen molar-refractivity contribution < 1.29 is 4.79 Å². The molecule has 2 heteroatoms. The van der Waals surface area contributed by atoms with Gasteiger partial charge in [0.05, 0.1) is 0 Å². The number of nitrogens with zero attached hydrogens (tertiary/aromatic N) is 1. The van der Waals surface area contributed by atoms with Crippen molar-refractivity contribution >= 4 is 5.91 Å². The van der Waals surface area contributed by atoms with E-state index in [1.54, 1.807) is 6.92 Å². The number of rotatable bonds is 1. The molecule has 0 aromatic heterocycles. The third kappa shape index (κ3) is 2.50. The number of carbonyl (C=O) groups excluding carboxylic acids is 1. The normalized spacial score (nSPS) is 20.2. The van der Waals surface area contributed by atoms with E-state index in [9.17, 15) is 4.79 Å². The van der Waals surface area contributed by atoms with Crippen LogP contribution in [0.4, 0.5) is 0 Å². The van der Waals surface area contributed by atoms with E-state index in [0.29, 0.717) is 6.04 Å². The van der Waals surface area contributed by atoms with E-state index in [0.717, 1.165) is 0 Å². The van der Waals surface area contributed by atoms with Crippen molar-refractivity contribution in [1.29, 1.82) is 0 Å². The number of hydrogen-bond acceptors (Lipinski definition) is 1. The topological polar surface area (TPSA) is 20.3 Å². The van der Waals surface area contributed by atoms with E-state index in [4.69, 9.17) is 0 Å². The van der Waals surface area contributed by atoms with Crippen molar-refractivity contribution in [1.82, 2.24) is 4.90 Å². The van der Waals surface area contributed by atoms with Crippen LogP contribution in [0.2, 0.25) is 0 Å². The molecule has 12 heavy (non-hydrogen) atoms. The van der Waals surface area contributed by atoms with Gasteiger partial charge in [-0.05, 0) is 12.8 Å². The van der Waals surface area contributed by atoms with E-state index in [1.165, 1.54) is 38.5 Å². The van der Waals surface area contributed by atoms with Gasteiger partial charge in [-0.3, -0.25) is 4.79 Å². The quantitative estimate of drug-likeness (QED) is 0.551. The number of hydrogen-bond donors (Lipinski definition) is 0. The standard InChI is InChI=1S/C10H19NO/c1-9(12)11(2)10-7-5-3-4-6-8-10/h10H,3-8H2,1-2H3.